The molecule has 1 aliphatic heterocycles. The normalized spacial score (nSPS) is 18.8. The van der Waals surface area contributed by atoms with Crippen molar-refractivity contribution in [1.29, 1.82) is 0 Å². The van der Waals surface area contributed by atoms with Gasteiger partial charge in [-0.15, -0.1) is 11.3 Å². The smallest absolute Gasteiger partial charge is 0.187 e. The number of rotatable bonds is 2. The van der Waals surface area contributed by atoms with E-state index in [1.165, 1.54) is 0 Å². The number of hydrogen-bond acceptors (Lipinski definition) is 5. The molecule has 4 nitrogen and oxygen atoms in total. The highest BCUT2D eigenvalue weighted by Gasteiger charge is 2.20. The molecule has 5 heteroatoms. The zero-order chi connectivity index (χ0) is 9.97. The lowest BCUT2D eigenvalue weighted by Crippen LogP contribution is -2.36. The van der Waals surface area contributed by atoms with Gasteiger partial charge in [-0.1, -0.05) is 0 Å². The highest BCUT2D eigenvalue weighted by atomic mass is 32.1. The molecule has 0 atom stereocenters. The van der Waals surface area contributed by atoms with E-state index >= 15 is 0 Å². The monoisotopic (exact) mass is 213 g/mol. The van der Waals surface area contributed by atoms with Crippen molar-refractivity contribution in [2.24, 2.45) is 0 Å². The molecule has 2 rings (SSSR count). The van der Waals surface area contributed by atoms with E-state index in [0.29, 0.717) is 11.9 Å². The lowest BCUT2D eigenvalue weighted by atomic mass is 10.1. The van der Waals surface area contributed by atoms with Crippen molar-refractivity contribution in [1.82, 2.24) is 4.98 Å². The van der Waals surface area contributed by atoms with Crippen LogP contribution in [-0.4, -0.2) is 31.3 Å². The number of aromatic nitrogens is 1. The van der Waals surface area contributed by atoms with E-state index in [4.69, 9.17) is 10.5 Å². The van der Waals surface area contributed by atoms with E-state index in [0.717, 1.165) is 31.1 Å². The molecule has 0 saturated carbocycles. The van der Waals surface area contributed by atoms with E-state index in [-0.39, 0.29) is 0 Å². The van der Waals surface area contributed by atoms with Crippen molar-refractivity contribution in [3.05, 3.63) is 5.38 Å². The van der Waals surface area contributed by atoms with Gasteiger partial charge in [-0.05, 0) is 12.8 Å². The van der Waals surface area contributed by atoms with Gasteiger partial charge in [-0.3, -0.25) is 0 Å². The van der Waals surface area contributed by atoms with E-state index < -0.39 is 0 Å². The number of hydrogen-bond donors (Lipinski definition) is 1. The first-order chi connectivity index (χ1) is 6.79. The molecule has 0 bridgehead atoms. The summed E-state index contributed by atoms with van der Waals surface area (Å²) >= 11 is 1.61. The summed E-state index contributed by atoms with van der Waals surface area (Å²) in [5.41, 5.74) is 5.59. The van der Waals surface area contributed by atoms with Crippen LogP contribution in [-0.2, 0) is 4.74 Å². The number of ether oxygens (including phenoxy) is 1. The van der Waals surface area contributed by atoms with Gasteiger partial charge in [-0.25, -0.2) is 4.98 Å². The van der Waals surface area contributed by atoms with Crippen LogP contribution in [0.2, 0.25) is 0 Å². The van der Waals surface area contributed by atoms with Gasteiger partial charge in [0.05, 0.1) is 6.10 Å². The first kappa shape index (κ1) is 9.73. The van der Waals surface area contributed by atoms with Crippen molar-refractivity contribution < 1.29 is 4.74 Å². The predicted octanol–water partition coefficient (Wildman–Crippen LogP) is 1.34. The maximum absolute atomic E-state index is 5.59. The Balaban J connectivity index is 1.95. The van der Waals surface area contributed by atoms with Crippen molar-refractivity contribution >= 4 is 22.3 Å². The maximum Gasteiger partial charge on any atom is 0.187 e. The Morgan fingerprint density at radius 3 is 2.79 bits per heavy atom. The molecule has 14 heavy (non-hydrogen) atoms. The average Bonchev–Trinajstić information content (AvgIpc) is 2.65. The van der Waals surface area contributed by atoms with Gasteiger partial charge in [0.15, 0.2) is 5.13 Å². The van der Waals surface area contributed by atoms with E-state index in [1.54, 1.807) is 18.4 Å². The molecule has 2 N–H and O–H groups in total. The number of anilines is 2. The Bertz CT molecular complexity index is 294. The maximum atomic E-state index is 5.59. The summed E-state index contributed by atoms with van der Waals surface area (Å²) in [4.78, 5) is 6.54. The summed E-state index contributed by atoms with van der Waals surface area (Å²) in [6.45, 7) is 2.04. The molecule has 0 amide bonds. The Morgan fingerprint density at radius 2 is 2.29 bits per heavy atom. The number of methoxy groups -OCH3 is 1. The van der Waals surface area contributed by atoms with Crippen molar-refractivity contribution in [2.75, 3.05) is 30.8 Å². The standard InChI is InChI=1S/C9H15N3OS/c1-13-7-2-4-12(5-3-7)9-11-8(10)6-14-9/h6-7H,2-5,10H2,1H3. The number of nitrogens with two attached hydrogens (primary N) is 1. The fourth-order valence-corrected chi connectivity index (χ4v) is 2.47. The van der Waals surface area contributed by atoms with E-state index in [9.17, 15) is 0 Å². The van der Waals surface area contributed by atoms with Crippen molar-refractivity contribution in [2.45, 2.75) is 18.9 Å². The second kappa shape index (κ2) is 4.14. The third-order valence-electron chi connectivity index (χ3n) is 2.56. The van der Waals surface area contributed by atoms with E-state index in [2.05, 4.69) is 9.88 Å². The van der Waals surface area contributed by atoms with Crippen LogP contribution in [0, 0.1) is 0 Å². The Hall–Kier alpha value is -0.810. The summed E-state index contributed by atoms with van der Waals surface area (Å²) < 4.78 is 5.31. The first-order valence-corrected chi connectivity index (χ1v) is 5.66. The Kier molecular flexibility index (Phi) is 2.88. The minimum Gasteiger partial charge on any atom is -0.383 e. The molecule has 1 aromatic rings. The van der Waals surface area contributed by atoms with Crippen LogP contribution in [0.5, 0.6) is 0 Å². The zero-order valence-corrected chi connectivity index (χ0v) is 9.09. The lowest BCUT2D eigenvalue weighted by molar-refractivity contribution is 0.0819. The fraction of sp³-hybridized carbons (Fsp3) is 0.667. The van der Waals surface area contributed by atoms with Gasteiger partial charge in [0, 0.05) is 25.6 Å². The summed E-state index contributed by atoms with van der Waals surface area (Å²) in [6, 6.07) is 0. The first-order valence-electron chi connectivity index (χ1n) is 4.78. The molecule has 0 aromatic carbocycles. The predicted molar refractivity (Wildman–Crippen MR) is 58.8 cm³/mol. The number of piperidine rings is 1. The highest BCUT2D eigenvalue weighted by Crippen LogP contribution is 2.25. The van der Waals surface area contributed by atoms with Crippen LogP contribution < -0.4 is 10.6 Å². The molecule has 0 spiro atoms. The average molecular weight is 213 g/mol. The van der Waals surface area contributed by atoms with Crippen LogP contribution >= 0.6 is 11.3 Å². The quantitative estimate of drug-likeness (QED) is 0.805. The fourth-order valence-electron chi connectivity index (χ4n) is 1.70. The number of thiazole rings is 1. The summed E-state index contributed by atoms with van der Waals surface area (Å²) in [7, 11) is 1.78. The van der Waals surface area contributed by atoms with Crippen LogP contribution in [0.25, 0.3) is 0 Å². The topological polar surface area (TPSA) is 51.4 Å². The molecule has 78 valence electrons. The van der Waals surface area contributed by atoms with Crippen LogP contribution in [0.3, 0.4) is 0 Å². The Labute approximate surface area is 87.7 Å². The van der Waals surface area contributed by atoms with Gasteiger partial charge in [0.2, 0.25) is 0 Å². The summed E-state index contributed by atoms with van der Waals surface area (Å²) in [5, 5.41) is 2.93. The molecular formula is C9H15N3OS. The number of nitrogens with zero attached hydrogens (tertiary/aromatic N) is 2. The SMILES string of the molecule is COC1CCN(c2nc(N)cs2)CC1. The van der Waals surface area contributed by atoms with Crippen molar-refractivity contribution in [3.63, 3.8) is 0 Å². The molecule has 0 radical (unpaired) electrons. The molecule has 1 saturated heterocycles. The lowest BCUT2D eigenvalue weighted by Gasteiger charge is -2.30. The number of nitrogen functional groups attached to an aromatic ring is 1. The van der Waals surface area contributed by atoms with Gasteiger partial charge < -0.3 is 15.4 Å². The zero-order valence-electron chi connectivity index (χ0n) is 8.27. The minimum absolute atomic E-state index is 0.420. The Morgan fingerprint density at radius 1 is 1.57 bits per heavy atom. The second-order valence-corrected chi connectivity index (χ2v) is 4.31. The highest BCUT2D eigenvalue weighted by molar-refractivity contribution is 7.14. The molecule has 1 aliphatic rings. The van der Waals surface area contributed by atoms with Gasteiger partial charge >= 0.3 is 0 Å². The van der Waals surface area contributed by atoms with Crippen LogP contribution in [0.1, 0.15) is 12.8 Å². The largest absolute Gasteiger partial charge is 0.383 e. The summed E-state index contributed by atoms with van der Waals surface area (Å²) in [6.07, 6.45) is 2.58. The third kappa shape index (κ3) is 1.99. The van der Waals surface area contributed by atoms with Crippen molar-refractivity contribution in [3.8, 4) is 0 Å². The van der Waals surface area contributed by atoms with Crippen LogP contribution in [0.15, 0.2) is 5.38 Å². The molecule has 1 fully saturated rings. The molecule has 0 aliphatic carbocycles. The van der Waals surface area contributed by atoms with E-state index in [1.807, 2.05) is 5.38 Å². The second-order valence-electron chi connectivity index (χ2n) is 3.48. The minimum atomic E-state index is 0.420. The van der Waals surface area contributed by atoms with Gasteiger partial charge in [-0.2, -0.15) is 0 Å². The van der Waals surface area contributed by atoms with Gasteiger partial charge in [0.1, 0.15) is 5.82 Å². The molecular weight excluding hydrogens is 198 g/mol. The molecule has 1 aromatic heterocycles. The van der Waals surface area contributed by atoms with Gasteiger partial charge in [0.25, 0.3) is 0 Å². The summed E-state index contributed by atoms with van der Waals surface area (Å²) in [5.74, 6) is 0.624. The molecule has 2 heterocycles. The molecule has 0 unspecified atom stereocenters. The third-order valence-corrected chi connectivity index (χ3v) is 3.48. The van der Waals surface area contributed by atoms with Crippen LogP contribution in [0.4, 0.5) is 10.9 Å².